The summed E-state index contributed by atoms with van der Waals surface area (Å²) < 4.78 is 27.9. The Balaban J connectivity index is 2.17. The summed E-state index contributed by atoms with van der Waals surface area (Å²) in [6.45, 7) is 2.02. The number of halogens is 1. The van der Waals surface area contributed by atoms with E-state index in [0.29, 0.717) is 5.69 Å². The van der Waals surface area contributed by atoms with Crippen LogP contribution in [0, 0.1) is 6.92 Å². The number of hydrogen-bond acceptors (Lipinski definition) is 3. The quantitative estimate of drug-likeness (QED) is 0.829. The van der Waals surface area contributed by atoms with Crippen molar-refractivity contribution in [1.82, 2.24) is 4.72 Å². The standard InChI is InChI=1S/C14H15BrN2O2S/c1-10-7-13(5-6-14(10)16)20(18,19)17-9-11-3-2-4-12(15)8-11/h2-8,17H,9,16H2,1H3. The molecule has 3 N–H and O–H groups in total. The first kappa shape index (κ1) is 15.0. The minimum absolute atomic E-state index is 0.221. The molecule has 0 bridgehead atoms. The first-order chi connectivity index (χ1) is 9.38. The maximum atomic E-state index is 12.2. The van der Waals surface area contributed by atoms with Gasteiger partial charge in [-0.2, -0.15) is 0 Å². The van der Waals surface area contributed by atoms with Gasteiger partial charge in [0.25, 0.3) is 0 Å². The van der Waals surface area contributed by atoms with E-state index in [9.17, 15) is 8.42 Å². The van der Waals surface area contributed by atoms with Crippen molar-refractivity contribution < 1.29 is 8.42 Å². The highest BCUT2D eigenvalue weighted by Gasteiger charge is 2.14. The summed E-state index contributed by atoms with van der Waals surface area (Å²) in [5.74, 6) is 0. The van der Waals surface area contributed by atoms with Crippen molar-refractivity contribution in [3.63, 3.8) is 0 Å². The molecule has 0 saturated carbocycles. The number of nitrogens with two attached hydrogens (primary N) is 1. The fourth-order valence-electron chi connectivity index (χ4n) is 1.72. The summed E-state index contributed by atoms with van der Waals surface area (Å²) in [5, 5.41) is 0. The number of hydrogen-bond donors (Lipinski definition) is 2. The molecule has 20 heavy (non-hydrogen) atoms. The Kier molecular flexibility index (Phi) is 4.47. The van der Waals surface area contributed by atoms with Crippen LogP contribution in [0.5, 0.6) is 0 Å². The molecule has 0 aromatic heterocycles. The number of rotatable bonds is 4. The Bertz CT molecular complexity index is 730. The first-order valence-corrected chi connectivity index (χ1v) is 8.26. The van der Waals surface area contributed by atoms with Gasteiger partial charge in [-0.25, -0.2) is 13.1 Å². The Labute approximate surface area is 127 Å². The molecule has 0 saturated heterocycles. The molecule has 2 aromatic rings. The number of benzene rings is 2. The number of sulfonamides is 1. The van der Waals surface area contributed by atoms with E-state index in [4.69, 9.17) is 5.73 Å². The topological polar surface area (TPSA) is 72.2 Å². The minimum Gasteiger partial charge on any atom is -0.399 e. The maximum Gasteiger partial charge on any atom is 0.240 e. The third kappa shape index (κ3) is 3.59. The molecule has 2 aromatic carbocycles. The van der Waals surface area contributed by atoms with E-state index in [0.717, 1.165) is 15.6 Å². The van der Waals surface area contributed by atoms with Gasteiger partial charge < -0.3 is 5.73 Å². The molecule has 0 fully saturated rings. The Morgan fingerprint density at radius 3 is 2.60 bits per heavy atom. The van der Waals surface area contributed by atoms with E-state index in [1.165, 1.54) is 6.07 Å². The van der Waals surface area contributed by atoms with Crippen LogP contribution in [0.15, 0.2) is 51.8 Å². The van der Waals surface area contributed by atoms with Gasteiger partial charge in [-0.05, 0) is 48.4 Å². The highest BCUT2D eigenvalue weighted by atomic mass is 79.9. The van der Waals surface area contributed by atoms with Crippen LogP contribution >= 0.6 is 15.9 Å². The fourth-order valence-corrected chi connectivity index (χ4v) is 3.27. The molecule has 0 aliphatic rings. The van der Waals surface area contributed by atoms with E-state index >= 15 is 0 Å². The predicted molar refractivity (Wildman–Crippen MR) is 83.8 cm³/mol. The largest absolute Gasteiger partial charge is 0.399 e. The molecular weight excluding hydrogens is 340 g/mol. The highest BCUT2D eigenvalue weighted by Crippen LogP contribution is 2.17. The van der Waals surface area contributed by atoms with E-state index in [-0.39, 0.29) is 11.4 Å². The molecule has 0 radical (unpaired) electrons. The highest BCUT2D eigenvalue weighted by molar-refractivity contribution is 9.10. The molecular formula is C14H15BrN2O2S. The lowest BCUT2D eigenvalue weighted by Crippen LogP contribution is -2.23. The summed E-state index contributed by atoms with van der Waals surface area (Å²) in [7, 11) is -3.53. The van der Waals surface area contributed by atoms with E-state index < -0.39 is 10.0 Å². The summed E-state index contributed by atoms with van der Waals surface area (Å²) in [4.78, 5) is 0.221. The van der Waals surface area contributed by atoms with E-state index in [1.807, 2.05) is 24.3 Å². The second kappa shape index (κ2) is 5.95. The van der Waals surface area contributed by atoms with E-state index in [2.05, 4.69) is 20.7 Å². The van der Waals surface area contributed by atoms with Gasteiger partial charge in [0.15, 0.2) is 0 Å². The zero-order chi connectivity index (χ0) is 14.8. The van der Waals surface area contributed by atoms with Crippen LogP contribution in [-0.4, -0.2) is 8.42 Å². The monoisotopic (exact) mass is 354 g/mol. The average molecular weight is 355 g/mol. The van der Waals surface area contributed by atoms with Crippen LogP contribution in [0.25, 0.3) is 0 Å². The fraction of sp³-hybridized carbons (Fsp3) is 0.143. The van der Waals surface area contributed by atoms with Crippen LogP contribution in [0.3, 0.4) is 0 Å². The van der Waals surface area contributed by atoms with E-state index in [1.54, 1.807) is 19.1 Å². The normalized spacial score (nSPS) is 11.5. The van der Waals surface area contributed by atoms with Crippen molar-refractivity contribution in [3.05, 3.63) is 58.1 Å². The predicted octanol–water partition coefficient (Wildman–Crippen LogP) is 2.82. The maximum absolute atomic E-state index is 12.2. The number of nitrogens with one attached hydrogen (secondary N) is 1. The van der Waals surface area contributed by atoms with Crippen LogP contribution in [0.2, 0.25) is 0 Å². The summed E-state index contributed by atoms with van der Waals surface area (Å²) in [6.07, 6.45) is 0. The van der Waals surface area contributed by atoms with Gasteiger partial charge in [0.05, 0.1) is 4.90 Å². The van der Waals surface area contributed by atoms with Gasteiger partial charge in [0, 0.05) is 16.7 Å². The van der Waals surface area contributed by atoms with Crippen LogP contribution < -0.4 is 10.5 Å². The van der Waals surface area contributed by atoms with Gasteiger partial charge in [0.2, 0.25) is 10.0 Å². The van der Waals surface area contributed by atoms with Gasteiger partial charge in [-0.1, -0.05) is 28.1 Å². The van der Waals surface area contributed by atoms with Crippen molar-refractivity contribution in [2.45, 2.75) is 18.4 Å². The average Bonchev–Trinajstić information content (AvgIpc) is 2.40. The molecule has 2 rings (SSSR count). The van der Waals surface area contributed by atoms with Crippen LogP contribution in [-0.2, 0) is 16.6 Å². The molecule has 4 nitrogen and oxygen atoms in total. The zero-order valence-electron chi connectivity index (χ0n) is 10.9. The second-order valence-corrected chi connectivity index (χ2v) is 7.16. The summed E-state index contributed by atoms with van der Waals surface area (Å²) in [5.41, 5.74) is 7.90. The molecule has 6 heteroatoms. The summed E-state index contributed by atoms with van der Waals surface area (Å²) in [6, 6.07) is 12.2. The SMILES string of the molecule is Cc1cc(S(=O)(=O)NCc2cccc(Br)c2)ccc1N. The molecule has 0 aliphatic heterocycles. The third-order valence-electron chi connectivity index (χ3n) is 2.91. The van der Waals surface area contributed by atoms with Crippen molar-refractivity contribution in [1.29, 1.82) is 0 Å². The second-order valence-electron chi connectivity index (χ2n) is 4.47. The lowest BCUT2D eigenvalue weighted by Gasteiger charge is -2.09. The molecule has 0 atom stereocenters. The van der Waals surface area contributed by atoms with Crippen molar-refractivity contribution in [3.8, 4) is 0 Å². The van der Waals surface area contributed by atoms with Crippen molar-refractivity contribution in [2.75, 3.05) is 5.73 Å². The van der Waals surface area contributed by atoms with Gasteiger partial charge in [-0.3, -0.25) is 0 Å². The molecule has 0 unspecified atom stereocenters. The van der Waals surface area contributed by atoms with Crippen molar-refractivity contribution >= 4 is 31.6 Å². The molecule has 0 spiro atoms. The van der Waals surface area contributed by atoms with Crippen LogP contribution in [0.1, 0.15) is 11.1 Å². The number of anilines is 1. The van der Waals surface area contributed by atoms with Gasteiger partial charge in [-0.15, -0.1) is 0 Å². The van der Waals surface area contributed by atoms with Crippen molar-refractivity contribution in [2.24, 2.45) is 0 Å². The van der Waals surface area contributed by atoms with Gasteiger partial charge >= 0.3 is 0 Å². The molecule has 0 amide bonds. The molecule has 106 valence electrons. The molecule has 0 heterocycles. The Morgan fingerprint density at radius 2 is 1.95 bits per heavy atom. The number of nitrogen functional groups attached to an aromatic ring is 1. The number of aryl methyl sites for hydroxylation is 1. The lowest BCUT2D eigenvalue weighted by atomic mass is 10.2. The van der Waals surface area contributed by atoms with Gasteiger partial charge in [0.1, 0.15) is 0 Å². The smallest absolute Gasteiger partial charge is 0.240 e. The first-order valence-electron chi connectivity index (χ1n) is 5.99. The Morgan fingerprint density at radius 1 is 1.20 bits per heavy atom. The van der Waals surface area contributed by atoms with Crippen LogP contribution in [0.4, 0.5) is 5.69 Å². The zero-order valence-corrected chi connectivity index (χ0v) is 13.3. The lowest BCUT2D eigenvalue weighted by molar-refractivity contribution is 0.581. The third-order valence-corrected chi connectivity index (χ3v) is 4.80. The minimum atomic E-state index is -3.53. The Hall–Kier alpha value is -1.37. The molecule has 0 aliphatic carbocycles. The summed E-state index contributed by atoms with van der Waals surface area (Å²) >= 11 is 3.35.